The minimum atomic E-state index is -4.24. The molecule has 0 bridgehead atoms. The molecule has 0 unspecified atom stereocenters. The molecule has 1 N–H and O–H groups in total. The minimum Gasteiger partial charge on any atom is -0.336 e. The fraction of sp³-hybridized carbons (Fsp3) is 0.240. The lowest BCUT2D eigenvalue weighted by atomic mass is 10.2. The summed E-state index contributed by atoms with van der Waals surface area (Å²) in [5.41, 5.74) is 1.34. The zero-order chi connectivity index (χ0) is 25.9. The highest BCUT2D eigenvalue weighted by Crippen LogP contribution is 2.20. The van der Waals surface area contributed by atoms with E-state index in [1.165, 1.54) is 17.0 Å². The maximum atomic E-state index is 13.5. The summed E-state index contributed by atoms with van der Waals surface area (Å²) in [7, 11) is -4.24. The second-order valence-electron chi connectivity index (χ2n) is 8.31. The van der Waals surface area contributed by atoms with E-state index >= 15 is 0 Å². The van der Waals surface area contributed by atoms with E-state index in [-0.39, 0.29) is 37.0 Å². The Balaban J connectivity index is 1.53. The summed E-state index contributed by atoms with van der Waals surface area (Å²) in [6.45, 7) is 2.54. The molecule has 1 fully saturated rings. The minimum absolute atomic E-state index is 0.0607. The number of benzene rings is 2. The topological polar surface area (TPSA) is 104 Å². The Morgan fingerprint density at radius 2 is 1.53 bits per heavy atom. The van der Waals surface area contributed by atoms with Crippen LogP contribution in [0.25, 0.3) is 0 Å². The zero-order valence-corrected chi connectivity index (χ0v) is 21.8. The van der Waals surface area contributed by atoms with E-state index in [1.807, 2.05) is 6.92 Å². The maximum Gasteiger partial charge on any atom is 0.262 e. The highest BCUT2D eigenvalue weighted by molar-refractivity contribution is 7.92. The molecular formula is C25H24ClN3O5S2. The highest BCUT2D eigenvalue weighted by Gasteiger charge is 2.39. The monoisotopic (exact) mass is 545 g/mol. The van der Waals surface area contributed by atoms with Crippen molar-refractivity contribution in [3.05, 3.63) is 87.1 Å². The number of nitrogens with one attached hydrogen (secondary N) is 1. The summed E-state index contributed by atoms with van der Waals surface area (Å²) >= 11 is 7.04. The van der Waals surface area contributed by atoms with Crippen molar-refractivity contribution in [2.75, 3.05) is 26.2 Å². The number of hydrogen-bond donors (Lipinski definition) is 1. The third-order valence-corrected chi connectivity index (χ3v) is 8.85. The lowest BCUT2D eigenvalue weighted by molar-refractivity contribution is -0.132. The van der Waals surface area contributed by atoms with E-state index < -0.39 is 27.0 Å². The van der Waals surface area contributed by atoms with Crippen LogP contribution >= 0.6 is 22.9 Å². The van der Waals surface area contributed by atoms with Crippen LogP contribution in [-0.4, -0.2) is 67.5 Å². The normalized spacial score (nSPS) is 14.8. The van der Waals surface area contributed by atoms with Crippen molar-refractivity contribution >= 4 is 50.5 Å². The van der Waals surface area contributed by atoms with Gasteiger partial charge in [0.2, 0.25) is 15.2 Å². The third-order valence-electron chi connectivity index (χ3n) is 5.86. The summed E-state index contributed by atoms with van der Waals surface area (Å²) in [5.74, 6) is -1.58. The van der Waals surface area contributed by atoms with Crippen LogP contribution in [0.4, 0.5) is 0 Å². The average molecular weight is 546 g/mol. The van der Waals surface area contributed by atoms with Gasteiger partial charge in [0.25, 0.3) is 17.7 Å². The average Bonchev–Trinajstić information content (AvgIpc) is 3.42. The molecule has 11 heteroatoms. The Hall–Kier alpha value is -3.21. The molecule has 0 spiro atoms. The fourth-order valence-electron chi connectivity index (χ4n) is 3.80. The molecule has 36 heavy (non-hydrogen) atoms. The quantitative estimate of drug-likeness (QED) is 0.512. The number of amides is 3. The third kappa shape index (κ3) is 5.61. The van der Waals surface area contributed by atoms with E-state index in [9.17, 15) is 22.8 Å². The lowest BCUT2D eigenvalue weighted by Crippen LogP contribution is -2.57. The first-order valence-corrected chi connectivity index (χ1v) is 14.0. The molecule has 2 aromatic carbocycles. The van der Waals surface area contributed by atoms with E-state index in [0.29, 0.717) is 15.5 Å². The molecule has 1 aromatic heterocycles. The van der Waals surface area contributed by atoms with Crippen molar-refractivity contribution in [1.82, 2.24) is 15.1 Å². The molecule has 1 atom stereocenters. The Bertz CT molecular complexity index is 1350. The fourth-order valence-corrected chi connectivity index (χ4v) is 6.02. The maximum absolute atomic E-state index is 13.5. The molecule has 0 saturated carbocycles. The van der Waals surface area contributed by atoms with Crippen LogP contribution in [0.2, 0.25) is 5.02 Å². The van der Waals surface area contributed by atoms with Gasteiger partial charge in [-0.15, -0.1) is 11.3 Å². The molecule has 8 nitrogen and oxygen atoms in total. The highest BCUT2D eigenvalue weighted by atomic mass is 35.5. The molecule has 1 saturated heterocycles. The number of nitrogens with zero attached hydrogens (tertiary/aromatic N) is 2. The standard InChI is InChI=1S/C25H24ClN3O5S2/c1-17-4-10-20(11-5-17)36(33,34)23(27-22(30)21-3-2-16-35-21)25(32)29-14-12-28(13-15-29)24(31)18-6-8-19(26)9-7-18/h2-11,16,23H,12-15H2,1H3,(H,27,30)/t23-/m0/s1. The number of sulfone groups is 1. The van der Waals surface area contributed by atoms with E-state index in [0.717, 1.165) is 16.9 Å². The summed E-state index contributed by atoms with van der Waals surface area (Å²) in [5, 5.41) is 2.85. The molecule has 1 aliphatic heterocycles. The number of thiophene rings is 1. The van der Waals surface area contributed by atoms with Crippen LogP contribution < -0.4 is 5.32 Å². The van der Waals surface area contributed by atoms with Gasteiger partial charge in [0.1, 0.15) is 0 Å². The molecule has 3 aromatic rings. The number of carbonyl (C=O) groups is 3. The molecule has 188 valence electrons. The van der Waals surface area contributed by atoms with Gasteiger partial charge in [-0.05, 0) is 54.8 Å². The van der Waals surface area contributed by atoms with Gasteiger partial charge in [-0.25, -0.2) is 8.42 Å². The van der Waals surface area contributed by atoms with Gasteiger partial charge < -0.3 is 15.1 Å². The van der Waals surface area contributed by atoms with Crippen molar-refractivity contribution in [2.24, 2.45) is 0 Å². The van der Waals surface area contributed by atoms with Crippen molar-refractivity contribution in [1.29, 1.82) is 0 Å². The van der Waals surface area contributed by atoms with Crippen LogP contribution in [0.1, 0.15) is 25.6 Å². The van der Waals surface area contributed by atoms with Crippen LogP contribution in [0, 0.1) is 6.92 Å². The number of piperazine rings is 1. The number of carbonyl (C=O) groups excluding carboxylic acids is 3. The van der Waals surface area contributed by atoms with Gasteiger partial charge in [0.15, 0.2) is 0 Å². The molecule has 1 aliphatic rings. The zero-order valence-electron chi connectivity index (χ0n) is 19.4. The van der Waals surface area contributed by atoms with Gasteiger partial charge in [-0.2, -0.15) is 0 Å². The second kappa shape index (κ2) is 10.8. The van der Waals surface area contributed by atoms with Crippen molar-refractivity contribution < 1.29 is 22.8 Å². The SMILES string of the molecule is Cc1ccc(S(=O)(=O)[C@H](NC(=O)c2cccs2)C(=O)N2CCN(C(=O)c3ccc(Cl)cc3)CC2)cc1. The van der Waals surface area contributed by atoms with Crippen LogP contribution in [0.3, 0.4) is 0 Å². The second-order valence-corrected chi connectivity index (χ2v) is 11.7. The molecular weight excluding hydrogens is 522 g/mol. The summed E-state index contributed by atoms with van der Waals surface area (Å²) in [6.07, 6.45) is 0. The van der Waals surface area contributed by atoms with Gasteiger partial charge in [0.05, 0.1) is 9.77 Å². The van der Waals surface area contributed by atoms with Crippen LogP contribution in [-0.2, 0) is 14.6 Å². The Morgan fingerprint density at radius 1 is 0.917 bits per heavy atom. The Morgan fingerprint density at radius 3 is 2.11 bits per heavy atom. The number of rotatable bonds is 6. The molecule has 3 amide bonds. The summed E-state index contributed by atoms with van der Waals surface area (Å²) < 4.78 is 27.0. The lowest BCUT2D eigenvalue weighted by Gasteiger charge is -2.36. The molecule has 2 heterocycles. The summed E-state index contributed by atoms with van der Waals surface area (Å²) in [4.78, 5) is 42.3. The first-order valence-electron chi connectivity index (χ1n) is 11.2. The number of halogens is 1. The van der Waals surface area contributed by atoms with Gasteiger partial charge >= 0.3 is 0 Å². The Labute approximate surface area is 218 Å². The van der Waals surface area contributed by atoms with Gasteiger partial charge in [-0.3, -0.25) is 14.4 Å². The van der Waals surface area contributed by atoms with Crippen molar-refractivity contribution in [2.45, 2.75) is 17.2 Å². The van der Waals surface area contributed by atoms with Crippen LogP contribution in [0.15, 0.2) is 70.9 Å². The smallest absolute Gasteiger partial charge is 0.262 e. The number of hydrogen-bond acceptors (Lipinski definition) is 6. The largest absolute Gasteiger partial charge is 0.336 e. The van der Waals surface area contributed by atoms with Crippen molar-refractivity contribution in [3.8, 4) is 0 Å². The summed E-state index contributed by atoms with van der Waals surface area (Å²) in [6, 6.07) is 15.9. The van der Waals surface area contributed by atoms with Crippen molar-refractivity contribution in [3.63, 3.8) is 0 Å². The van der Waals surface area contributed by atoms with Gasteiger partial charge in [0, 0.05) is 36.8 Å². The molecule has 0 radical (unpaired) electrons. The predicted molar refractivity (Wildman–Crippen MR) is 138 cm³/mol. The van der Waals surface area contributed by atoms with E-state index in [1.54, 1.807) is 58.8 Å². The van der Waals surface area contributed by atoms with Gasteiger partial charge in [-0.1, -0.05) is 35.4 Å². The van der Waals surface area contributed by atoms with Crippen LogP contribution in [0.5, 0.6) is 0 Å². The predicted octanol–water partition coefficient (Wildman–Crippen LogP) is 3.22. The Kier molecular flexibility index (Phi) is 7.77. The van der Waals surface area contributed by atoms with E-state index in [4.69, 9.17) is 11.6 Å². The first-order chi connectivity index (χ1) is 17.2. The van der Waals surface area contributed by atoms with E-state index in [2.05, 4.69) is 5.32 Å². The molecule has 4 rings (SSSR count). The molecule has 0 aliphatic carbocycles. The number of aryl methyl sites for hydroxylation is 1. The first kappa shape index (κ1) is 25.9.